The van der Waals surface area contributed by atoms with E-state index < -0.39 is 17.8 Å². The molecule has 0 aliphatic carbocycles. The number of hydrogen-bond acceptors (Lipinski definition) is 3. The average molecular weight is 267 g/mol. The first-order chi connectivity index (χ1) is 8.54. The van der Waals surface area contributed by atoms with Crippen molar-refractivity contribution in [1.82, 2.24) is 4.90 Å². The Bertz CT molecular complexity index is 530. The highest BCUT2D eigenvalue weighted by Crippen LogP contribution is 2.24. The summed E-state index contributed by atoms with van der Waals surface area (Å²) in [6.45, 7) is 1.92. The number of imide groups is 2. The molecule has 94 valence electrons. The van der Waals surface area contributed by atoms with Gasteiger partial charge in [-0.25, -0.2) is 9.69 Å². The summed E-state index contributed by atoms with van der Waals surface area (Å²) in [5.74, 6) is -0.997. The Morgan fingerprint density at radius 3 is 2.56 bits per heavy atom. The van der Waals surface area contributed by atoms with Crippen LogP contribution in [-0.2, 0) is 9.59 Å². The van der Waals surface area contributed by atoms with Crippen LogP contribution in [0.25, 0.3) is 0 Å². The quantitative estimate of drug-likeness (QED) is 0.770. The van der Waals surface area contributed by atoms with Crippen LogP contribution in [0.1, 0.15) is 13.3 Å². The Morgan fingerprint density at radius 1 is 1.22 bits per heavy atom. The molecule has 1 aromatic rings. The summed E-state index contributed by atoms with van der Waals surface area (Å²) >= 11 is 5.83. The number of halogens is 1. The minimum Gasteiger partial charge on any atom is -0.274 e. The normalized spacial score (nSPS) is 16.4. The van der Waals surface area contributed by atoms with Crippen molar-refractivity contribution in [3.63, 3.8) is 0 Å². The number of amides is 4. The van der Waals surface area contributed by atoms with Crippen LogP contribution >= 0.6 is 11.6 Å². The number of nitrogens with zero attached hydrogens (tertiary/aromatic N) is 2. The summed E-state index contributed by atoms with van der Waals surface area (Å²) in [5, 5.41) is 0.424. The maximum atomic E-state index is 12.1. The van der Waals surface area contributed by atoms with Crippen molar-refractivity contribution < 1.29 is 14.4 Å². The minimum atomic E-state index is -0.624. The Hall–Kier alpha value is -1.88. The van der Waals surface area contributed by atoms with Gasteiger partial charge in [0.1, 0.15) is 6.42 Å². The largest absolute Gasteiger partial charge is 0.338 e. The highest BCUT2D eigenvalue weighted by Gasteiger charge is 2.37. The van der Waals surface area contributed by atoms with E-state index in [1.807, 2.05) is 0 Å². The Balaban J connectivity index is 2.40. The molecule has 0 bridgehead atoms. The van der Waals surface area contributed by atoms with Gasteiger partial charge in [-0.3, -0.25) is 14.5 Å². The van der Waals surface area contributed by atoms with Gasteiger partial charge in [0, 0.05) is 11.6 Å². The molecule has 0 radical (unpaired) electrons. The molecule has 0 atom stereocenters. The zero-order valence-corrected chi connectivity index (χ0v) is 10.5. The van der Waals surface area contributed by atoms with Gasteiger partial charge in [-0.1, -0.05) is 17.7 Å². The molecule has 0 spiro atoms. The van der Waals surface area contributed by atoms with E-state index in [0.29, 0.717) is 10.7 Å². The third-order valence-corrected chi connectivity index (χ3v) is 2.89. The van der Waals surface area contributed by atoms with Crippen LogP contribution in [0.15, 0.2) is 24.3 Å². The lowest BCUT2D eigenvalue weighted by Gasteiger charge is -2.31. The highest BCUT2D eigenvalue weighted by molar-refractivity contribution is 6.31. The fourth-order valence-electron chi connectivity index (χ4n) is 1.82. The smallest absolute Gasteiger partial charge is 0.274 e. The molecule has 1 aromatic carbocycles. The maximum absolute atomic E-state index is 12.1. The molecule has 6 heteroatoms. The minimum absolute atomic E-state index is 0.238. The van der Waals surface area contributed by atoms with Crippen LogP contribution in [0.2, 0.25) is 5.02 Å². The van der Waals surface area contributed by atoms with Crippen LogP contribution in [0.5, 0.6) is 0 Å². The van der Waals surface area contributed by atoms with E-state index in [-0.39, 0.29) is 13.0 Å². The highest BCUT2D eigenvalue weighted by atomic mass is 35.5. The predicted molar refractivity (Wildman–Crippen MR) is 66.3 cm³/mol. The summed E-state index contributed by atoms with van der Waals surface area (Å²) < 4.78 is 0. The second kappa shape index (κ2) is 4.78. The van der Waals surface area contributed by atoms with E-state index in [4.69, 9.17) is 11.6 Å². The molecule has 2 rings (SSSR count). The second-order valence-electron chi connectivity index (χ2n) is 3.81. The Kier molecular flexibility index (Phi) is 3.34. The van der Waals surface area contributed by atoms with Gasteiger partial charge in [0.15, 0.2) is 0 Å². The zero-order valence-electron chi connectivity index (χ0n) is 9.72. The van der Waals surface area contributed by atoms with Crippen molar-refractivity contribution in [2.75, 3.05) is 11.4 Å². The molecule has 4 amide bonds. The lowest BCUT2D eigenvalue weighted by atomic mass is 10.2. The van der Waals surface area contributed by atoms with Crippen LogP contribution < -0.4 is 4.90 Å². The van der Waals surface area contributed by atoms with Gasteiger partial charge >= 0.3 is 6.03 Å². The summed E-state index contributed by atoms with van der Waals surface area (Å²) in [6, 6.07) is 5.78. The van der Waals surface area contributed by atoms with Gasteiger partial charge in [-0.05, 0) is 25.1 Å². The molecule has 1 heterocycles. The molecule has 1 aliphatic heterocycles. The van der Waals surface area contributed by atoms with Crippen molar-refractivity contribution in [1.29, 1.82) is 0 Å². The van der Waals surface area contributed by atoms with E-state index in [1.54, 1.807) is 25.1 Å². The molecule has 18 heavy (non-hydrogen) atoms. The van der Waals surface area contributed by atoms with E-state index in [9.17, 15) is 14.4 Å². The molecule has 1 fully saturated rings. The van der Waals surface area contributed by atoms with Crippen molar-refractivity contribution in [2.45, 2.75) is 13.3 Å². The number of benzene rings is 1. The van der Waals surface area contributed by atoms with Crippen molar-refractivity contribution >= 4 is 35.1 Å². The van der Waals surface area contributed by atoms with E-state index in [1.165, 1.54) is 6.07 Å². The third-order valence-electron chi connectivity index (χ3n) is 2.66. The molecular weight excluding hydrogens is 256 g/mol. The number of rotatable bonds is 2. The van der Waals surface area contributed by atoms with E-state index >= 15 is 0 Å². The third kappa shape index (κ3) is 2.09. The Morgan fingerprint density at radius 2 is 1.94 bits per heavy atom. The topological polar surface area (TPSA) is 57.7 Å². The number of carbonyl (C=O) groups is 3. The first-order valence-electron chi connectivity index (χ1n) is 5.47. The number of anilines is 1. The number of barbiturate groups is 1. The fourth-order valence-corrected chi connectivity index (χ4v) is 2.00. The first-order valence-corrected chi connectivity index (χ1v) is 5.85. The second-order valence-corrected chi connectivity index (χ2v) is 4.24. The van der Waals surface area contributed by atoms with Crippen LogP contribution in [0.4, 0.5) is 10.5 Å². The Labute approximate surface area is 109 Å². The summed E-state index contributed by atoms with van der Waals surface area (Å²) in [6.07, 6.45) is -0.300. The van der Waals surface area contributed by atoms with E-state index in [2.05, 4.69) is 0 Å². The van der Waals surface area contributed by atoms with Crippen molar-refractivity contribution in [3.8, 4) is 0 Å². The van der Waals surface area contributed by atoms with Crippen LogP contribution in [0.3, 0.4) is 0 Å². The van der Waals surface area contributed by atoms with Gasteiger partial charge in [0.05, 0.1) is 5.69 Å². The predicted octanol–water partition coefficient (Wildman–Crippen LogP) is 2.05. The number of urea groups is 1. The molecule has 0 N–H and O–H groups in total. The zero-order chi connectivity index (χ0) is 13.3. The van der Waals surface area contributed by atoms with Gasteiger partial charge in [0.2, 0.25) is 11.8 Å². The lowest BCUT2D eigenvalue weighted by molar-refractivity contribution is -0.134. The van der Waals surface area contributed by atoms with Crippen LogP contribution in [0, 0.1) is 0 Å². The van der Waals surface area contributed by atoms with Gasteiger partial charge in [-0.15, -0.1) is 0 Å². The fraction of sp³-hybridized carbons (Fsp3) is 0.250. The maximum Gasteiger partial charge on any atom is 0.338 e. The molecule has 0 saturated carbocycles. The summed E-state index contributed by atoms with van der Waals surface area (Å²) in [7, 11) is 0. The van der Waals surface area contributed by atoms with Gasteiger partial charge in [0.25, 0.3) is 0 Å². The van der Waals surface area contributed by atoms with E-state index in [0.717, 1.165) is 9.80 Å². The van der Waals surface area contributed by atoms with Gasteiger partial charge in [-0.2, -0.15) is 0 Å². The first kappa shape index (κ1) is 12.6. The molecular formula is C12H11ClN2O3. The summed E-state index contributed by atoms with van der Waals surface area (Å²) in [5.41, 5.74) is 0.378. The van der Waals surface area contributed by atoms with Gasteiger partial charge < -0.3 is 0 Å². The summed E-state index contributed by atoms with van der Waals surface area (Å²) in [4.78, 5) is 37.4. The molecule has 1 aliphatic rings. The van der Waals surface area contributed by atoms with Crippen LogP contribution in [-0.4, -0.2) is 29.3 Å². The SMILES string of the molecule is CCN1C(=O)CC(=O)N(c2cccc(Cl)c2)C1=O. The lowest BCUT2D eigenvalue weighted by Crippen LogP contribution is -2.55. The molecule has 0 aromatic heterocycles. The van der Waals surface area contributed by atoms with Crippen molar-refractivity contribution in [3.05, 3.63) is 29.3 Å². The standard InChI is InChI=1S/C12H11ClN2O3/c1-2-14-10(16)7-11(17)15(12(14)18)9-5-3-4-8(13)6-9/h3-6H,2,7H2,1H3. The monoisotopic (exact) mass is 266 g/mol. The molecule has 0 unspecified atom stereocenters. The number of hydrogen-bond donors (Lipinski definition) is 0. The average Bonchev–Trinajstić information content (AvgIpc) is 2.28. The number of carbonyl (C=O) groups excluding carboxylic acids is 3. The molecule has 5 nitrogen and oxygen atoms in total. The van der Waals surface area contributed by atoms with Crippen molar-refractivity contribution in [2.24, 2.45) is 0 Å². The molecule has 1 saturated heterocycles.